The van der Waals surface area contributed by atoms with E-state index in [4.69, 9.17) is 4.74 Å². The number of rotatable bonds is 5. The number of aromatic nitrogens is 4. The van der Waals surface area contributed by atoms with Crippen LogP contribution in [0.5, 0.6) is 0 Å². The Morgan fingerprint density at radius 1 is 1.28 bits per heavy atom. The quantitative estimate of drug-likeness (QED) is 0.694. The summed E-state index contributed by atoms with van der Waals surface area (Å²) in [5.74, 6) is 0.565. The van der Waals surface area contributed by atoms with Crippen LogP contribution in [0.15, 0.2) is 39.7 Å². The van der Waals surface area contributed by atoms with Crippen molar-refractivity contribution in [3.05, 3.63) is 56.7 Å². The lowest BCUT2D eigenvalue weighted by atomic mass is 10.2. The summed E-state index contributed by atoms with van der Waals surface area (Å²) in [6.07, 6.45) is 0. The summed E-state index contributed by atoms with van der Waals surface area (Å²) in [4.78, 5) is 19.3. The predicted octanol–water partition coefficient (Wildman–Crippen LogP) is 3.99. The van der Waals surface area contributed by atoms with Gasteiger partial charge < -0.3 is 9.72 Å². The molecule has 2 aromatic heterocycles. The van der Waals surface area contributed by atoms with E-state index in [1.807, 2.05) is 51.1 Å². The molecule has 3 aromatic rings. The molecule has 1 aromatic carbocycles. The van der Waals surface area contributed by atoms with E-state index >= 15 is 0 Å². The second-order valence-electron chi connectivity index (χ2n) is 5.43. The monoisotopic (exact) mass is 406 g/mol. The Balaban J connectivity index is 0.00000109. The van der Waals surface area contributed by atoms with Crippen molar-refractivity contribution in [1.29, 1.82) is 0 Å². The Morgan fingerprint density at radius 3 is 2.64 bits per heavy atom. The van der Waals surface area contributed by atoms with Crippen LogP contribution in [-0.4, -0.2) is 26.4 Å². The summed E-state index contributed by atoms with van der Waals surface area (Å²) in [5.41, 5.74) is 1.95. The average Bonchev–Trinajstić information content (AvgIpc) is 2.95. The maximum Gasteiger partial charge on any atom is 0.277 e. The first kappa shape index (κ1) is 19.3. The molecule has 0 radical (unpaired) electrons. The van der Waals surface area contributed by atoms with Gasteiger partial charge >= 0.3 is 0 Å². The van der Waals surface area contributed by atoms with Gasteiger partial charge in [-0.3, -0.25) is 9.48 Å². The highest BCUT2D eigenvalue weighted by Gasteiger charge is 2.18. The highest BCUT2D eigenvalue weighted by atomic mass is 79.9. The van der Waals surface area contributed by atoms with Gasteiger partial charge in [0.15, 0.2) is 10.1 Å². The van der Waals surface area contributed by atoms with Crippen LogP contribution in [0.2, 0.25) is 0 Å². The van der Waals surface area contributed by atoms with E-state index in [-0.39, 0.29) is 11.6 Å². The smallest absolute Gasteiger partial charge is 0.277 e. The van der Waals surface area contributed by atoms with Crippen LogP contribution in [0, 0.1) is 6.92 Å². The number of hydrogen-bond acceptors (Lipinski definition) is 4. The Morgan fingerprint density at radius 2 is 1.96 bits per heavy atom. The molecule has 7 heteroatoms. The average molecular weight is 407 g/mol. The van der Waals surface area contributed by atoms with Crippen molar-refractivity contribution < 1.29 is 4.74 Å². The molecule has 6 nitrogen and oxygen atoms in total. The van der Waals surface area contributed by atoms with Gasteiger partial charge in [0.25, 0.3) is 5.56 Å². The summed E-state index contributed by atoms with van der Waals surface area (Å²) >= 11 is 3.37. The van der Waals surface area contributed by atoms with Crippen molar-refractivity contribution in [3.63, 3.8) is 0 Å². The molecular weight excluding hydrogens is 384 g/mol. The van der Waals surface area contributed by atoms with Crippen molar-refractivity contribution in [2.24, 2.45) is 0 Å². The number of hydrogen-bond donors (Lipinski definition) is 1. The molecule has 0 spiro atoms. The second kappa shape index (κ2) is 8.92. The third kappa shape index (κ3) is 4.55. The molecule has 0 aliphatic carbocycles. The van der Waals surface area contributed by atoms with E-state index in [0.717, 1.165) is 5.56 Å². The summed E-state index contributed by atoms with van der Waals surface area (Å²) in [5, 5.41) is 4.39. The topological polar surface area (TPSA) is 72.8 Å². The lowest BCUT2D eigenvalue weighted by Crippen LogP contribution is -2.19. The van der Waals surface area contributed by atoms with Crippen LogP contribution in [0.4, 0.5) is 0 Å². The van der Waals surface area contributed by atoms with Crippen molar-refractivity contribution in [2.75, 3.05) is 6.61 Å². The summed E-state index contributed by atoms with van der Waals surface area (Å²) in [7, 11) is 0. The number of halogens is 1. The predicted molar refractivity (Wildman–Crippen MR) is 103 cm³/mol. The molecule has 25 heavy (non-hydrogen) atoms. The van der Waals surface area contributed by atoms with Crippen molar-refractivity contribution in [3.8, 4) is 0 Å². The van der Waals surface area contributed by atoms with Gasteiger partial charge in [-0.1, -0.05) is 44.2 Å². The fraction of sp³-hybridized carbons (Fsp3) is 0.389. The third-order valence-corrected chi connectivity index (χ3v) is 4.06. The molecule has 0 saturated carbocycles. The lowest BCUT2D eigenvalue weighted by molar-refractivity contribution is 0.0925. The molecule has 3 rings (SSSR count). The fourth-order valence-corrected chi connectivity index (χ4v) is 2.89. The minimum atomic E-state index is -0.194. The van der Waals surface area contributed by atoms with Crippen molar-refractivity contribution in [1.82, 2.24) is 19.7 Å². The summed E-state index contributed by atoms with van der Waals surface area (Å²) in [6, 6.07) is 9.88. The molecule has 134 valence electrons. The Hall–Kier alpha value is -1.99. The number of aryl methyl sites for hydroxylation is 1. The number of nitrogens with one attached hydrogen (secondary N) is 1. The molecular formula is C18H23BrN4O2. The SMILES string of the molecule is CC.Cc1nc2c(Br)nn(C(C)COCc3ccccc3)c2c(=O)[nH]1. The second-order valence-corrected chi connectivity index (χ2v) is 6.18. The minimum absolute atomic E-state index is 0.0851. The number of H-pyrrole nitrogens is 1. The number of aromatic amines is 1. The number of ether oxygens (including phenoxy) is 1. The third-order valence-electron chi connectivity index (χ3n) is 3.52. The molecule has 0 aliphatic heterocycles. The molecule has 2 heterocycles. The maximum atomic E-state index is 12.2. The van der Waals surface area contributed by atoms with Gasteiger partial charge in [-0.2, -0.15) is 5.10 Å². The number of fused-ring (bicyclic) bond motifs is 1. The zero-order valence-corrected chi connectivity index (χ0v) is 16.5. The Labute approximate surface area is 155 Å². The van der Waals surface area contributed by atoms with E-state index in [1.165, 1.54) is 0 Å². The molecule has 0 bridgehead atoms. The van der Waals surface area contributed by atoms with Crippen LogP contribution in [0.25, 0.3) is 11.0 Å². The zero-order valence-electron chi connectivity index (χ0n) is 14.9. The largest absolute Gasteiger partial charge is 0.375 e. The van der Waals surface area contributed by atoms with Gasteiger partial charge in [-0.05, 0) is 35.3 Å². The van der Waals surface area contributed by atoms with Gasteiger partial charge in [0.05, 0.1) is 19.3 Å². The summed E-state index contributed by atoms with van der Waals surface area (Å²) < 4.78 is 7.98. The molecule has 1 atom stereocenters. The lowest BCUT2D eigenvalue weighted by Gasteiger charge is -2.13. The molecule has 1 unspecified atom stereocenters. The summed E-state index contributed by atoms with van der Waals surface area (Å²) in [6.45, 7) is 8.69. The normalized spacial score (nSPS) is 11.9. The van der Waals surface area contributed by atoms with Gasteiger partial charge in [0.2, 0.25) is 0 Å². The van der Waals surface area contributed by atoms with Gasteiger partial charge in [0, 0.05) is 0 Å². The van der Waals surface area contributed by atoms with Gasteiger partial charge in [-0.15, -0.1) is 0 Å². The highest BCUT2D eigenvalue weighted by Crippen LogP contribution is 2.22. The first-order valence-electron chi connectivity index (χ1n) is 8.32. The zero-order chi connectivity index (χ0) is 18.4. The van der Waals surface area contributed by atoms with E-state index in [2.05, 4.69) is 31.0 Å². The first-order chi connectivity index (χ1) is 12.1. The standard InChI is InChI=1S/C16H17BrN4O2.C2H6/c1-10(8-23-9-12-6-4-3-5-7-12)21-14-13(15(17)20-21)18-11(2)19-16(14)22;1-2/h3-7,10H,8-9H2,1-2H3,(H,18,19,22);1-2H3. The van der Waals surface area contributed by atoms with Crippen molar-refractivity contribution >= 4 is 27.0 Å². The van der Waals surface area contributed by atoms with E-state index in [0.29, 0.717) is 34.7 Å². The van der Waals surface area contributed by atoms with Crippen LogP contribution in [0.3, 0.4) is 0 Å². The van der Waals surface area contributed by atoms with E-state index < -0.39 is 0 Å². The molecule has 1 N–H and O–H groups in total. The Kier molecular flexibility index (Phi) is 6.90. The first-order valence-corrected chi connectivity index (χ1v) is 9.12. The molecule has 0 fully saturated rings. The van der Waals surface area contributed by atoms with Crippen LogP contribution < -0.4 is 5.56 Å². The van der Waals surface area contributed by atoms with Crippen LogP contribution in [-0.2, 0) is 11.3 Å². The maximum absolute atomic E-state index is 12.2. The Bertz CT molecular complexity index is 874. The van der Waals surface area contributed by atoms with Crippen molar-refractivity contribution in [2.45, 2.75) is 40.3 Å². The fourth-order valence-electron chi connectivity index (χ4n) is 2.44. The van der Waals surface area contributed by atoms with E-state index in [1.54, 1.807) is 11.6 Å². The number of benzene rings is 1. The molecule has 0 aliphatic rings. The van der Waals surface area contributed by atoms with Gasteiger partial charge in [0.1, 0.15) is 11.3 Å². The van der Waals surface area contributed by atoms with Crippen LogP contribution >= 0.6 is 15.9 Å². The number of nitrogens with zero attached hydrogens (tertiary/aromatic N) is 3. The minimum Gasteiger partial charge on any atom is -0.375 e. The molecule has 0 amide bonds. The highest BCUT2D eigenvalue weighted by molar-refractivity contribution is 9.10. The van der Waals surface area contributed by atoms with E-state index in [9.17, 15) is 4.79 Å². The molecule has 0 saturated heterocycles. The van der Waals surface area contributed by atoms with Gasteiger partial charge in [-0.25, -0.2) is 4.98 Å². The van der Waals surface area contributed by atoms with Crippen LogP contribution in [0.1, 0.15) is 38.2 Å².